The van der Waals surface area contributed by atoms with Gasteiger partial charge in [0.15, 0.2) is 47.7 Å². The molecule has 32 heteroatoms. The highest BCUT2D eigenvalue weighted by atomic mass is 32.2. The summed E-state index contributed by atoms with van der Waals surface area (Å²) in [6.45, 7) is 14.6. The largest absolute Gasteiger partial charge is 0.507 e. The zero-order valence-electron chi connectivity index (χ0n) is 68.4. The van der Waals surface area contributed by atoms with Crippen LogP contribution in [0.2, 0.25) is 0 Å². The summed E-state index contributed by atoms with van der Waals surface area (Å²) < 4.78 is 75.7. The topological polar surface area (TPSA) is 345 Å². The molecule has 642 valence electrons. The van der Waals surface area contributed by atoms with Crippen LogP contribution in [0, 0.1) is 29.3 Å². The fraction of sp³-hybridized carbons (Fsp3) is 0.289. The first kappa shape index (κ1) is 92.1. The SMILES string of the molecule is C=C(COc1cccc(C2SC(c3ccc(F)cc3)=NN2C(=O)c2ccccc2O)c1OC)N[C@H](CO)[C@@H](C)CC.CCC(CO)(CO)NC(=O)COc1cccc(C2SC(c3ccc(F)cc3)=NN2C(=O)c2ccccc2O)c1OC.CCC(NC(=O)COc1cccc(C2SC(c3ccc(F)cc3)=NN2C(=O)c2ccccc2O)c1OC)C(C)C. The number of methoxy groups -OCH3 is 3. The van der Waals surface area contributed by atoms with E-state index in [0.717, 1.165) is 12.8 Å². The lowest BCUT2D eigenvalue weighted by atomic mass is 9.98. The zero-order valence-corrected chi connectivity index (χ0v) is 70.8. The van der Waals surface area contributed by atoms with Gasteiger partial charge in [0.25, 0.3) is 29.5 Å². The standard InChI is InChI=1S/C31H34FN3O5S.C30H32FN3O5S.C29H30FN3O7S/c1-5-19(2)25(17-36)33-20(3)18-40-27-12-8-10-24(28(27)39-4)31-35(30(38)23-9-6-7-11-26(23)37)34-29(41-31)21-13-15-22(32)16-14-21;1-5-23(18(2)3)32-26(36)17-39-25-12-8-10-22(27(25)38-4)30-34(29(37)21-9-6-7-11-24(21)35)33-28(40-30)19-13-15-20(31)16-14-19;1-3-29(16-34,17-35)31-24(37)15-40-23-10-6-8-21(25(23)39-2)28-33(27(38)20-7-4-5-9-22(20)36)32-26(41-28)18-11-13-19(30)14-12-18/h6-16,19,25,31,33,36-37H,3,5,17-18H2,1-2,4H3;6-16,18,23,30,35H,5,17H2,1-4H3,(H,32,36);4-14,28,34-36H,3,15-17H2,1-2H3,(H,31,37)/t19-,25+,31?;;/m0../s1. The number of thioether (sulfide) groups is 3. The van der Waals surface area contributed by atoms with Crippen LogP contribution in [0.15, 0.2) is 228 Å². The first-order chi connectivity index (χ1) is 58.7. The molecule has 0 saturated heterocycles. The summed E-state index contributed by atoms with van der Waals surface area (Å²) in [5.41, 5.74) is 3.18. The van der Waals surface area contributed by atoms with Crippen molar-refractivity contribution in [1.29, 1.82) is 0 Å². The van der Waals surface area contributed by atoms with Gasteiger partial charge in [-0.25, -0.2) is 28.2 Å². The molecule has 9 N–H and O–H groups in total. The minimum absolute atomic E-state index is 0.0248. The summed E-state index contributed by atoms with van der Waals surface area (Å²) >= 11 is 3.79. The van der Waals surface area contributed by atoms with Crippen molar-refractivity contribution in [3.8, 4) is 51.7 Å². The van der Waals surface area contributed by atoms with Crippen LogP contribution in [-0.4, -0.2) is 169 Å². The van der Waals surface area contributed by atoms with E-state index in [4.69, 9.17) is 28.4 Å². The van der Waals surface area contributed by atoms with Crippen molar-refractivity contribution >= 4 is 80.0 Å². The van der Waals surface area contributed by atoms with E-state index in [0.29, 0.717) is 83.6 Å². The number of hydrazone groups is 3. The summed E-state index contributed by atoms with van der Waals surface area (Å²) in [7, 11) is 4.41. The summed E-state index contributed by atoms with van der Waals surface area (Å²) in [5, 5.41) is 85.7. The maximum Gasteiger partial charge on any atom is 0.279 e. The lowest BCUT2D eigenvalue weighted by Crippen LogP contribution is -2.55. The molecule has 9 aromatic rings. The molecule has 0 aliphatic carbocycles. The van der Waals surface area contributed by atoms with Gasteiger partial charge in [-0.05, 0) is 152 Å². The highest BCUT2D eigenvalue weighted by Gasteiger charge is 2.42. The second kappa shape index (κ2) is 43.3. The smallest absolute Gasteiger partial charge is 0.279 e. The zero-order chi connectivity index (χ0) is 87.9. The molecule has 3 aliphatic heterocycles. The minimum atomic E-state index is -1.18. The normalized spacial score (nSPS) is 15.5. The maximum atomic E-state index is 13.7. The molecule has 0 bridgehead atoms. The second-order valence-electron chi connectivity index (χ2n) is 28.4. The Balaban J connectivity index is 0.000000192. The molecule has 6 atom stereocenters. The van der Waals surface area contributed by atoms with E-state index in [1.54, 1.807) is 128 Å². The van der Waals surface area contributed by atoms with Gasteiger partial charge in [0, 0.05) is 45.1 Å². The molecule has 26 nitrogen and oxygen atoms in total. The number of nitrogens with zero attached hydrogens (tertiary/aromatic N) is 6. The third kappa shape index (κ3) is 22.5. The number of para-hydroxylation sites is 6. The number of carbonyl (C=O) groups excluding carboxylic acids is 5. The lowest BCUT2D eigenvalue weighted by Gasteiger charge is -2.29. The first-order valence-electron chi connectivity index (χ1n) is 38.9. The molecule has 5 amide bonds. The molecule has 4 unspecified atom stereocenters. The van der Waals surface area contributed by atoms with Crippen LogP contribution in [0.3, 0.4) is 0 Å². The Kier molecular flexibility index (Phi) is 32.7. The van der Waals surface area contributed by atoms with Gasteiger partial charge in [-0.15, -0.1) is 0 Å². The van der Waals surface area contributed by atoms with Gasteiger partial charge in [0.05, 0.1) is 69.4 Å². The van der Waals surface area contributed by atoms with E-state index in [1.165, 1.54) is 144 Å². The van der Waals surface area contributed by atoms with Gasteiger partial charge in [0.1, 0.15) is 72.6 Å². The number of halogens is 3. The van der Waals surface area contributed by atoms with E-state index in [9.17, 15) is 67.8 Å². The number of ether oxygens (including phenoxy) is 6. The van der Waals surface area contributed by atoms with Crippen molar-refractivity contribution in [2.45, 2.75) is 94.5 Å². The number of hydrogen-bond acceptors (Lipinski definition) is 24. The maximum absolute atomic E-state index is 13.7. The molecule has 0 fully saturated rings. The van der Waals surface area contributed by atoms with E-state index >= 15 is 0 Å². The van der Waals surface area contributed by atoms with E-state index < -0.39 is 70.9 Å². The first-order valence-corrected chi connectivity index (χ1v) is 41.5. The highest BCUT2D eigenvalue weighted by molar-refractivity contribution is 8.15. The number of aliphatic hydroxyl groups excluding tert-OH is 3. The van der Waals surface area contributed by atoms with E-state index in [2.05, 4.69) is 51.7 Å². The fourth-order valence-corrected chi connectivity index (χ4v) is 16.4. The molecule has 3 heterocycles. The van der Waals surface area contributed by atoms with E-state index in [1.807, 2.05) is 26.8 Å². The number of rotatable bonds is 33. The summed E-state index contributed by atoms with van der Waals surface area (Å²) in [6.07, 6.45) is 2.01. The van der Waals surface area contributed by atoms with Gasteiger partial charge in [-0.2, -0.15) is 15.3 Å². The molecule has 9 aromatic carbocycles. The minimum Gasteiger partial charge on any atom is -0.507 e. The Morgan fingerprint density at radius 2 is 0.787 bits per heavy atom. The second-order valence-corrected chi connectivity index (χ2v) is 31.6. The number of amides is 5. The van der Waals surface area contributed by atoms with Crippen LogP contribution in [-0.2, 0) is 9.59 Å². The van der Waals surface area contributed by atoms with Crippen LogP contribution in [0.5, 0.6) is 51.7 Å². The predicted molar refractivity (Wildman–Crippen MR) is 463 cm³/mol. The Bertz CT molecular complexity index is 5250. The number of carbonyl (C=O) groups is 5. The third-order valence-electron chi connectivity index (χ3n) is 20.0. The molecule has 122 heavy (non-hydrogen) atoms. The van der Waals surface area contributed by atoms with Crippen molar-refractivity contribution in [1.82, 2.24) is 31.0 Å². The molecule has 0 aromatic heterocycles. The number of aliphatic hydroxyl groups is 3. The van der Waals surface area contributed by atoms with Gasteiger partial charge in [-0.3, -0.25) is 24.0 Å². The average Bonchev–Trinajstić information content (AvgIpc) is 1.63. The molecule has 0 saturated carbocycles. The Morgan fingerprint density at radius 1 is 0.451 bits per heavy atom. The van der Waals surface area contributed by atoms with Crippen LogP contribution in [0.1, 0.15) is 141 Å². The van der Waals surface area contributed by atoms with Crippen LogP contribution in [0.25, 0.3) is 0 Å². The summed E-state index contributed by atoms with van der Waals surface area (Å²) in [4.78, 5) is 66.1. The predicted octanol–water partition coefficient (Wildman–Crippen LogP) is 14.8. The molecular weight excluding hydrogens is 1630 g/mol. The molecule has 0 radical (unpaired) electrons. The number of phenols is 3. The molecule has 0 spiro atoms. The van der Waals surface area contributed by atoms with Crippen molar-refractivity contribution in [3.63, 3.8) is 0 Å². The average molecular weight is 1730 g/mol. The van der Waals surface area contributed by atoms with Gasteiger partial charge < -0.3 is 75.0 Å². The molecule has 12 rings (SSSR count). The van der Waals surface area contributed by atoms with Crippen LogP contribution < -0.4 is 44.4 Å². The van der Waals surface area contributed by atoms with Crippen LogP contribution >= 0.6 is 35.3 Å². The number of nitrogens with one attached hydrogen (secondary N) is 3. The van der Waals surface area contributed by atoms with Gasteiger partial charge in [-0.1, -0.05) is 163 Å². The van der Waals surface area contributed by atoms with Crippen molar-refractivity contribution in [2.24, 2.45) is 27.1 Å². The lowest BCUT2D eigenvalue weighted by molar-refractivity contribution is -0.126. The van der Waals surface area contributed by atoms with E-state index in [-0.39, 0.29) is 107 Å². The Morgan fingerprint density at radius 3 is 1.08 bits per heavy atom. The number of phenolic OH excluding ortho intramolecular Hbond substituents is 3. The van der Waals surface area contributed by atoms with Crippen molar-refractivity contribution < 1.29 is 96.2 Å². The quantitative estimate of drug-likeness (QED) is 0.0184. The van der Waals surface area contributed by atoms with Crippen molar-refractivity contribution in [3.05, 3.63) is 280 Å². The van der Waals surface area contributed by atoms with Gasteiger partial charge in [0.2, 0.25) is 0 Å². The number of hydrogen-bond donors (Lipinski definition) is 9. The Hall–Kier alpha value is -12.2. The summed E-state index contributed by atoms with van der Waals surface area (Å²) in [6, 6.07) is 51.4. The third-order valence-corrected chi connectivity index (χ3v) is 23.6. The van der Waals surface area contributed by atoms with Crippen molar-refractivity contribution in [2.75, 3.05) is 61.0 Å². The monoisotopic (exact) mass is 1730 g/mol. The molecule has 3 aliphatic rings. The number of aromatic hydroxyl groups is 3. The highest BCUT2D eigenvalue weighted by Crippen LogP contribution is 2.52. The molecular formula is C90H96F3N9O17S3. The Labute approximate surface area is 717 Å². The fourth-order valence-electron chi connectivity index (χ4n) is 12.9. The van der Waals surface area contributed by atoms with Crippen LogP contribution in [0.4, 0.5) is 13.2 Å². The number of benzene rings is 9. The summed E-state index contributed by atoms with van der Waals surface area (Å²) in [5.74, 6) is -1.66. The van der Waals surface area contributed by atoms with Gasteiger partial charge >= 0.3 is 0 Å².